The van der Waals surface area contributed by atoms with Gasteiger partial charge in [-0.25, -0.2) is 0 Å². The van der Waals surface area contributed by atoms with E-state index in [1.165, 1.54) is 6.42 Å². The highest BCUT2D eigenvalue weighted by Gasteiger charge is 2.27. The van der Waals surface area contributed by atoms with Crippen molar-refractivity contribution in [2.45, 2.75) is 45.2 Å². The van der Waals surface area contributed by atoms with Gasteiger partial charge in [0.2, 0.25) is 5.91 Å². The average Bonchev–Trinajstić information content (AvgIpc) is 2.40. The normalized spacial score (nSPS) is 23.3. The van der Waals surface area contributed by atoms with E-state index in [0.29, 0.717) is 22.1 Å². The second kappa shape index (κ2) is 6.64. The van der Waals surface area contributed by atoms with Crippen molar-refractivity contribution in [3.8, 4) is 0 Å². The van der Waals surface area contributed by atoms with Crippen LogP contribution in [0.2, 0.25) is 10.0 Å². The molecule has 2 unspecified atom stereocenters. The fourth-order valence-corrected chi connectivity index (χ4v) is 3.03. The molecule has 0 radical (unpaired) electrons. The molecule has 1 amide bonds. The highest BCUT2D eigenvalue weighted by Crippen LogP contribution is 2.24. The predicted octanol–water partition coefficient (Wildman–Crippen LogP) is 4.80. The third-order valence-electron chi connectivity index (χ3n) is 3.81. The monoisotopic (exact) mass is 311 g/mol. The molecular formula is C16H19Cl2NO. The van der Waals surface area contributed by atoms with Gasteiger partial charge in [0.15, 0.2) is 0 Å². The molecule has 1 aromatic carbocycles. The van der Waals surface area contributed by atoms with Crippen LogP contribution in [-0.4, -0.2) is 22.9 Å². The van der Waals surface area contributed by atoms with Crippen LogP contribution in [0.4, 0.5) is 0 Å². The zero-order chi connectivity index (χ0) is 14.7. The van der Waals surface area contributed by atoms with Crippen molar-refractivity contribution in [2.24, 2.45) is 0 Å². The summed E-state index contributed by atoms with van der Waals surface area (Å²) in [7, 11) is 0. The first-order valence-corrected chi connectivity index (χ1v) is 7.70. The van der Waals surface area contributed by atoms with Crippen LogP contribution in [0.3, 0.4) is 0 Å². The lowest BCUT2D eigenvalue weighted by Gasteiger charge is -2.38. The molecule has 0 aliphatic carbocycles. The first kappa shape index (κ1) is 15.4. The summed E-state index contributed by atoms with van der Waals surface area (Å²) in [6.45, 7) is 4.22. The Bertz CT molecular complexity index is 517. The molecule has 1 saturated heterocycles. The van der Waals surface area contributed by atoms with Gasteiger partial charge in [0.05, 0.1) is 10.0 Å². The largest absolute Gasteiger partial charge is 0.334 e. The van der Waals surface area contributed by atoms with Crippen molar-refractivity contribution in [1.82, 2.24) is 4.90 Å². The SMILES string of the molecule is CC1CCCC(C)N1C(=O)C=Cc1ccc(Cl)c(Cl)c1. The molecule has 0 aromatic heterocycles. The van der Waals surface area contributed by atoms with Gasteiger partial charge in [-0.1, -0.05) is 29.3 Å². The Morgan fingerprint density at radius 1 is 1.20 bits per heavy atom. The van der Waals surface area contributed by atoms with Crippen LogP contribution in [0, 0.1) is 0 Å². The molecule has 1 aromatic rings. The summed E-state index contributed by atoms with van der Waals surface area (Å²) in [6.07, 6.45) is 6.77. The molecule has 1 aliphatic heterocycles. The molecule has 20 heavy (non-hydrogen) atoms. The Labute approximate surface area is 130 Å². The Kier molecular flexibility index (Phi) is 5.11. The van der Waals surface area contributed by atoms with Crippen LogP contribution in [0.15, 0.2) is 24.3 Å². The average molecular weight is 312 g/mol. The quantitative estimate of drug-likeness (QED) is 0.719. The van der Waals surface area contributed by atoms with E-state index in [1.54, 1.807) is 24.3 Å². The minimum atomic E-state index is 0.0655. The summed E-state index contributed by atoms with van der Waals surface area (Å²) < 4.78 is 0. The lowest BCUT2D eigenvalue weighted by Crippen LogP contribution is -2.46. The van der Waals surface area contributed by atoms with Crippen molar-refractivity contribution in [3.05, 3.63) is 39.9 Å². The maximum Gasteiger partial charge on any atom is 0.247 e. The number of rotatable bonds is 2. The summed E-state index contributed by atoms with van der Waals surface area (Å²) in [5.41, 5.74) is 0.880. The Balaban J connectivity index is 2.09. The van der Waals surface area contributed by atoms with Crippen molar-refractivity contribution in [1.29, 1.82) is 0 Å². The lowest BCUT2D eigenvalue weighted by molar-refractivity contribution is -0.131. The first-order chi connectivity index (χ1) is 9.49. The number of benzene rings is 1. The fourth-order valence-electron chi connectivity index (χ4n) is 2.73. The maximum absolute atomic E-state index is 12.3. The molecule has 2 atom stereocenters. The topological polar surface area (TPSA) is 20.3 Å². The minimum Gasteiger partial charge on any atom is -0.334 e. The number of carbonyl (C=O) groups is 1. The fraction of sp³-hybridized carbons (Fsp3) is 0.438. The van der Waals surface area contributed by atoms with Crippen LogP contribution >= 0.6 is 23.2 Å². The second-order valence-electron chi connectivity index (χ2n) is 5.38. The molecule has 2 rings (SSSR count). The number of hydrogen-bond donors (Lipinski definition) is 0. The highest BCUT2D eigenvalue weighted by molar-refractivity contribution is 6.42. The second-order valence-corrected chi connectivity index (χ2v) is 6.20. The van der Waals surface area contributed by atoms with Crippen molar-refractivity contribution in [2.75, 3.05) is 0 Å². The summed E-state index contributed by atoms with van der Waals surface area (Å²) in [4.78, 5) is 14.3. The van der Waals surface area contributed by atoms with E-state index < -0.39 is 0 Å². The van der Waals surface area contributed by atoms with Gasteiger partial charge in [-0.3, -0.25) is 4.79 Å². The Morgan fingerprint density at radius 3 is 2.45 bits per heavy atom. The summed E-state index contributed by atoms with van der Waals surface area (Å²) >= 11 is 11.8. The number of amides is 1. The van der Waals surface area contributed by atoms with Crippen LogP contribution in [-0.2, 0) is 4.79 Å². The number of nitrogens with zero attached hydrogens (tertiary/aromatic N) is 1. The number of piperidine rings is 1. The van der Waals surface area contributed by atoms with Gasteiger partial charge in [-0.2, -0.15) is 0 Å². The predicted molar refractivity (Wildman–Crippen MR) is 85.1 cm³/mol. The molecular weight excluding hydrogens is 293 g/mol. The van der Waals surface area contributed by atoms with Crippen LogP contribution < -0.4 is 0 Å². The van der Waals surface area contributed by atoms with E-state index in [1.807, 2.05) is 11.0 Å². The number of likely N-dealkylation sites (tertiary alicyclic amines) is 1. The van der Waals surface area contributed by atoms with Gasteiger partial charge in [0, 0.05) is 18.2 Å². The zero-order valence-corrected chi connectivity index (χ0v) is 13.3. The van der Waals surface area contributed by atoms with Crippen LogP contribution in [0.1, 0.15) is 38.7 Å². The van der Waals surface area contributed by atoms with Gasteiger partial charge in [-0.15, -0.1) is 0 Å². The van der Waals surface area contributed by atoms with E-state index in [2.05, 4.69) is 13.8 Å². The molecule has 0 spiro atoms. The molecule has 4 heteroatoms. The standard InChI is InChI=1S/C16H19Cl2NO/c1-11-4-3-5-12(2)19(11)16(20)9-7-13-6-8-14(17)15(18)10-13/h6-12H,3-5H2,1-2H3. The van der Waals surface area contributed by atoms with E-state index in [-0.39, 0.29) is 5.91 Å². The summed E-state index contributed by atoms with van der Waals surface area (Å²) in [5.74, 6) is 0.0655. The molecule has 0 N–H and O–H groups in total. The van der Waals surface area contributed by atoms with Gasteiger partial charge in [-0.05, 0) is 56.9 Å². The Hall–Kier alpha value is -0.990. The smallest absolute Gasteiger partial charge is 0.247 e. The van der Waals surface area contributed by atoms with Crippen molar-refractivity contribution in [3.63, 3.8) is 0 Å². The molecule has 1 heterocycles. The number of hydrogen-bond acceptors (Lipinski definition) is 1. The third-order valence-corrected chi connectivity index (χ3v) is 4.55. The minimum absolute atomic E-state index is 0.0655. The lowest BCUT2D eigenvalue weighted by atomic mass is 9.97. The first-order valence-electron chi connectivity index (χ1n) is 6.94. The molecule has 2 nitrogen and oxygen atoms in total. The van der Waals surface area contributed by atoms with Gasteiger partial charge in [0.25, 0.3) is 0 Å². The van der Waals surface area contributed by atoms with E-state index in [9.17, 15) is 4.79 Å². The van der Waals surface area contributed by atoms with Crippen LogP contribution in [0.5, 0.6) is 0 Å². The highest BCUT2D eigenvalue weighted by atomic mass is 35.5. The van der Waals surface area contributed by atoms with Crippen molar-refractivity contribution >= 4 is 35.2 Å². The van der Waals surface area contributed by atoms with E-state index in [4.69, 9.17) is 23.2 Å². The van der Waals surface area contributed by atoms with Crippen LogP contribution in [0.25, 0.3) is 6.08 Å². The van der Waals surface area contributed by atoms with Crippen molar-refractivity contribution < 1.29 is 4.79 Å². The molecule has 1 fully saturated rings. The molecule has 0 bridgehead atoms. The molecule has 108 valence electrons. The number of halogens is 2. The Morgan fingerprint density at radius 2 is 1.85 bits per heavy atom. The number of carbonyl (C=O) groups excluding carboxylic acids is 1. The summed E-state index contributed by atoms with van der Waals surface area (Å²) in [6, 6.07) is 5.97. The maximum atomic E-state index is 12.3. The molecule has 1 aliphatic rings. The van der Waals surface area contributed by atoms with E-state index in [0.717, 1.165) is 18.4 Å². The third kappa shape index (κ3) is 3.56. The van der Waals surface area contributed by atoms with Gasteiger partial charge < -0.3 is 4.90 Å². The van der Waals surface area contributed by atoms with E-state index >= 15 is 0 Å². The summed E-state index contributed by atoms with van der Waals surface area (Å²) in [5, 5.41) is 1.02. The van der Waals surface area contributed by atoms with Gasteiger partial charge >= 0.3 is 0 Å². The zero-order valence-electron chi connectivity index (χ0n) is 11.8. The molecule has 0 saturated carbocycles. The van der Waals surface area contributed by atoms with Gasteiger partial charge in [0.1, 0.15) is 0 Å².